The number of aliphatic hydroxyl groups is 5. The fraction of sp³-hybridized carbons (Fsp3) is 0.738. The summed E-state index contributed by atoms with van der Waals surface area (Å²) in [6.07, 6.45) is -11.0. The van der Waals surface area contributed by atoms with Gasteiger partial charge in [-0.25, -0.2) is 4.79 Å². The SMILES string of the molecule is COC1C(C(=O)O)OC(OC2C(O)C(COC(=O)CCCC(=O)CCC(=O)Oc3ccc4c(c3)CC[C@@H]3[C@@H]4CC[C@]4(C)[C@@H](O)[C@H](O)C[C@@H]34)OC(C)C2NC(C)=O)C(O)C1O. The van der Waals surface area contributed by atoms with Crippen molar-refractivity contribution in [3.8, 4) is 5.75 Å². The maximum absolute atomic E-state index is 12.7. The fourth-order valence-corrected chi connectivity index (χ4v) is 10.3. The molecule has 5 aliphatic rings. The molecule has 7 N–H and O–H groups in total. The van der Waals surface area contributed by atoms with Gasteiger partial charge >= 0.3 is 17.9 Å². The number of fused-ring (bicyclic) bond motifs is 5. The minimum Gasteiger partial charge on any atom is -0.479 e. The Hall–Kier alpha value is -3.59. The van der Waals surface area contributed by atoms with Crippen LogP contribution in [0.15, 0.2) is 18.2 Å². The van der Waals surface area contributed by atoms with Gasteiger partial charge in [0.25, 0.3) is 0 Å². The summed E-state index contributed by atoms with van der Waals surface area (Å²) in [5, 5.41) is 65.8. The predicted molar refractivity (Wildman–Crippen MR) is 205 cm³/mol. The molecule has 10 unspecified atom stereocenters. The molecule has 18 nitrogen and oxygen atoms in total. The van der Waals surface area contributed by atoms with Crippen LogP contribution < -0.4 is 10.1 Å². The maximum Gasteiger partial charge on any atom is 0.335 e. The van der Waals surface area contributed by atoms with Gasteiger partial charge in [-0.05, 0) is 91.9 Å². The van der Waals surface area contributed by atoms with E-state index in [0.717, 1.165) is 38.4 Å². The molecule has 3 aliphatic carbocycles. The summed E-state index contributed by atoms with van der Waals surface area (Å²) in [5.41, 5.74) is 2.08. The van der Waals surface area contributed by atoms with Gasteiger partial charge in [-0.1, -0.05) is 13.0 Å². The molecule has 6 rings (SSSR count). The lowest BCUT2D eigenvalue weighted by Crippen LogP contribution is -2.67. The third kappa shape index (κ3) is 9.71. The van der Waals surface area contributed by atoms with Crippen molar-refractivity contribution in [1.29, 1.82) is 0 Å². The highest BCUT2D eigenvalue weighted by Crippen LogP contribution is 2.61. The lowest BCUT2D eigenvalue weighted by molar-refractivity contribution is -0.327. The third-order valence-electron chi connectivity index (χ3n) is 13.4. The molecule has 1 aromatic carbocycles. The highest BCUT2D eigenvalue weighted by atomic mass is 16.7. The van der Waals surface area contributed by atoms with Crippen LogP contribution in [-0.2, 0) is 54.1 Å². The maximum atomic E-state index is 12.7. The largest absolute Gasteiger partial charge is 0.479 e. The Morgan fingerprint density at radius 3 is 2.37 bits per heavy atom. The summed E-state index contributed by atoms with van der Waals surface area (Å²) in [4.78, 5) is 61.8. The van der Waals surface area contributed by atoms with Crippen molar-refractivity contribution in [3.63, 3.8) is 0 Å². The predicted octanol–water partition coefficient (Wildman–Crippen LogP) is 0.427. The summed E-state index contributed by atoms with van der Waals surface area (Å²) >= 11 is 0. The van der Waals surface area contributed by atoms with Crippen LogP contribution in [0, 0.1) is 17.3 Å². The number of rotatable bonds is 15. The monoisotopic (exact) mass is 849 g/mol. The minimum absolute atomic E-state index is 0.00258. The molecule has 0 aromatic heterocycles. The number of carboxylic acid groups (broad SMARTS) is 1. The molecule has 0 radical (unpaired) electrons. The lowest BCUT2D eigenvalue weighted by atomic mass is 9.55. The van der Waals surface area contributed by atoms with E-state index in [4.69, 9.17) is 28.4 Å². The number of hydrogen-bond donors (Lipinski definition) is 7. The Balaban J connectivity index is 0.931. The first-order valence-electron chi connectivity index (χ1n) is 20.8. The molecule has 334 valence electrons. The van der Waals surface area contributed by atoms with Crippen LogP contribution in [0.4, 0.5) is 0 Å². The van der Waals surface area contributed by atoms with Crippen LogP contribution in [0.2, 0.25) is 0 Å². The number of carbonyl (C=O) groups is 5. The van der Waals surface area contributed by atoms with Crippen LogP contribution >= 0.6 is 0 Å². The van der Waals surface area contributed by atoms with E-state index in [1.54, 1.807) is 13.0 Å². The number of Topliss-reactive ketones (excluding diaryl/α,β-unsaturated/α-hetero) is 1. The van der Waals surface area contributed by atoms with E-state index in [-0.39, 0.29) is 49.2 Å². The molecule has 2 aliphatic heterocycles. The number of methoxy groups -OCH3 is 1. The number of amides is 1. The van der Waals surface area contributed by atoms with Crippen LogP contribution in [0.1, 0.15) is 95.6 Å². The average Bonchev–Trinajstić information content (AvgIpc) is 3.44. The molecule has 2 saturated heterocycles. The number of aliphatic hydroxyl groups excluding tert-OH is 5. The van der Waals surface area contributed by atoms with Crippen molar-refractivity contribution in [2.75, 3.05) is 13.7 Å². The van der Waals surface area contributed by atoms with Crippen LogP contribution in [0.3, 0.4) is 0 Å². The molecule has 4 fully saturated rings. The van der Waals surface area contributed by atoms with Crippen molar-refractivity contribution < 1.29 is 83.0 Å². The topological polar surface area (TPSA) is 274 Å². The first kappa shape index (κ1) is 45.9. The molecule has 1 aromatic rings. The van der Waals surface area contributed by atoms with Crippen LogP contribution in [-0.4, -0.2) is 147 Å². The van der Waals surface area contributed by atoms with Crippen molar-refractivity contribution in [2.24, 2.45) is 17.3 Å². The zero-order valence-corrected chi connectivity index (χ0v) is 34.3. The summed E-state index contributed by atoms with van der Waals surface area (Å²) in [6, 6.07) is 4.65. The Morgan fingerprint density at radius 2 is 1.67 bits per heavy atom. The summed E-state index contributed by atoms with van der Waals surface area (Å²) in [6.45, 7) is 4.41. The highest BCUT2D eigenvalue weighted by molar-refractivity contribution is 5.84. The van der Waals surface area contributed by atoms with Crippen LogP contribution in [0.5, 0.6) is 5.75 Å². The van der Waals surface area contributed by atoms with Gasteiger partial charge in [0, 0.05) is 33.3 Å². The number of nitrogens with one attached hydrogen (secondary N) is 1. The third-order valence-corrected chi connectivity index (χ3v) is 13.4. The Labute approximate surface area is 347 Å². The second-order valence-corrected chi connectivity index (χ2v) is 17.3. The van der Waals surface area contributed by atoms with Crippen molar-refractivity contribution >= 4 is 29.6 Å². The smallest absolute Gasteiger partial charge is 0.335 e. The number of benzene rings is 1. The molecule has 1 amide bonds. The molecule has 2 saturated carbocycles. The number of hydrogen-bond acceptors (Lipinski definition) is 16. The molecule has 2 heterocycles. The molecular weight excluding hydrogens is 790 g/mol. The molecule has 0 spiro atoms. The molecule has 60 heavy (non-hydrogen) atoms. The van der Waals surface area contributed by atoms with Gasteiger partial charge in [0.1, 0.15) is 54.8 Å². The van der Waals surface area contributed by atoms with E-state index in [9.17, 15) is 54.6 Å². The molecule has 16 atom stereocenters. The van der Waals surface area contributed by atoms with E-state index in [0.29, 0.717) is 24.0 Å². The number of esters is 2. The number of ether oxygens (including phenoxy) is 6. The lowest BCUT2D eigenvalue weighted by Gasteiger charge is -2.49. The Kier molecular flexibility index (Phi) is 14.7. The van der Waals surface area contributed by atoms with Gasteiger partial charge in [-0.15, -0.1) is 0 Å². The zero-order chi connectivity index (χ0) is 43.6. The average molecular weight is 850 g/mol. The van der Waals surface area contributed by atoms with Gasteiger partial charge in [-0.2, -0.15) is 0 Å². The quantitative estimate of drug-likeness (QED) is 0.0931. The first-order valence-corrected chi connectivity index (χ1v) is 20.8. The van der Waals surface area contributed by atoms with Gasteiger partial charge < -0.3 is 64.4 Å². The van der Waals surface area contributed by atoms with Crippen molar-refractivity contribution in [1.82, 2.24) is 5.32 Å². The summed E-state index contributed by atoms with van der Waals surface area (Å²) < 4.78 is 33.0. The van der Waals surface area contributed by atoms with Crippen molar-refractivity contribution in [2.45, 2.75) is 164 Å². The van der Waals surface area contributed by atoms with Gasteiger partial charge in [-0.3, -0.25) is 19.2 Å². The molecule has 0 bridgehead atoms. The number of carbonyl (C=O) groups excluding carboxylic acids is 4. The number of carboxylic acids is 1. The van der Waals surface area contributed by atoms with Gasteiger partial charge in [0.05, 0.1) is 30.8 Å². The number of aryl methyl sites for hydroxylation is 1. The Morgan fingerprint density at radius 1 is 0.917 bits per heavy atom. The standard InChI is InChI=1S/C42H59NO17/c1-19-32(43-20(2)44)36(59-41-35(51)34(50)37(55-4)38(60-41)40(53)54)33(49)29(57-19)18-56-30(47)7-5-6-22(45)9-13-31(48)58-23-10-12-24-21(16-23)8-11-26-25(24)14-15-42(3)27(26)17-28(46)39(42)52/h10,12,16,19,25-29,32-39,41,46,49-52H,5-9,11,13-15,17-18H2,1-4H3,(H,43,44)(H,53,54)/t19?,25-,26-,27+,28-,29?,32?,33?,34?,35?,36?,37?,38?,39+,41?,42+/m1/s1. The molecular formula is C42H59NO17. The van der Waals surface area contributed by atoms with E-state index in [1.165, 1.54) is 12.5 Å². The normalized spacial score (nSPS) is 38.5. The Bertz CT molecular complexity index is 1740. The molecule has 18 heteroatoms. The number of aliphatic carboxylic acids is 1. The number of ketones is 1. The minimum atomic E-state index is -1.81. The van der Waals surface area contributed by atoms with Gasteiger partial charge in [0.15, 0.2) is 12.4 Å². The van der Waals surface area contributed by atoms with Gasteiger partial charge in [0.2, 0.25) is 5.91 Å². The van der Waals surface area contributed by atoms with E-state index < -0.39 is 104 Å². The fourth-order valence-electron chi connectivity index (χ4n) is 10.3. The van der Waals surface area contributed by atoms with E-state index >= 15 is 0 Å². The first-order chi connectivity index (χ1) is 28.4. The summed E-state index contributed by atoms with van der Waals surface area (Å²) in [5.74, 6) is -2.14. The zero-order valence-electron chi connectivity index (χ0n) is 34.3. The second-order valence-electron chi connectivity index (χ2n) is 17.3. The van der Waals surface area contributed by atoms with Crippen LogP contribution in [0.25, 0.3) is 0 Å². The highest BCUT2D eigenvalue weighted by Gasteiger charge is 2.58. The summed E-state index contributed by atoms with van der Waals surface area (Å²) in [7, 11) is 1.13. The van der Waals surface area contributed by atoms with E-state index in [1.807, 2.05) is 12.1 Å². The van der Waals surface area contributed by atoms with Crippen molar-refractivity contribution in [3.05, 3.63) is 29.3 Å². The second kappa shape index (κ2) is 19.2. The van der Waals surface area contributed by atoms with E-state index in [2.05, 4.69) is 12.2 Å².